The second-order valence-electron chi connectivity index (χ2n) is 4.58. The van der Waals surface area contributed by atoms with Gasteiger partial charge >= 0.3 is 0 Å². The minimum atomic E-state index is 0.441. The normalized spacial score (nSPS) is 10.6. The molecule has 1 aromatic heterocycles. The topological polar surface area (TPSA) is 47.0 Å². The SMILES string of the molecule is CCCNCc1ccc(Oc2cc(C)ccc2Cl)nn1. The van der Waals surface area contributed by atoms with Crippen LogP contribution in [0.5, 0.6) is 11.6 Å². The summed E-state index contributed by atoms with van der Waals surface area (Å²) in [5.74, 6) is 1.04. The van der Waals surface area contributed by atoms with E-state index in [0.29, 0.717) is 23.2 Å². The van der Waals surface area contributed by atoms with Crippen molar-refractivity contribution in [2.45, 2.75) is 26.8 Å². The van der Waals surface area contributed by atoms with E-state index in [1.54, 1.807) is 6.07 Å². The molecular formula is C15H18ClN3O. The molecule has 0 atom stereocenters. The lowest BCUT2D eigenvalue weighted by Gasteiger charge is -2.07. The van der Waals surface area contributed by atoms with Gasteiger partial charge < -0.3 is 10.1 Å². The highest BCUT2D eigenvalue weighted by Crippen LogP contribution is 2.28. The van der Waals surface area contributed by atoms with Gasteiger partial charge in [0.2, 0.25) is 5.88 Å². The second kappa shape index (κ2) is 7.22. The summed E-state index contributed by atoms with van der Waals surface area (Å²) in [6, 6.07) is 9.32. The third kappa shape index (κ3) is 4.18. The summed E-state index contributed by atoms with van der Waals surface area (Å²) >= 11 is 6.08. The summed E-state index contributed by atoms with van der Waals surface area (Å²) < 4.78 is 5.64. The minimum Gasteiger partial charge on any atom is -0.436 e. The molecule has 0 saturated carbocycles. The zero-order chi connectivity index (χ0) is 14.4. The Labute approximate surface area is 124 Å². The third-order valence-corrected chi connectivity index (χ3v) is 3.04. The zero-order valence-electron chi connectivity index (χ0n) is 11.7. The summed E-state index contributed by atoms with van der Waals surface area (Å²) in [6.07, 6.45) is 1.10. The van der Waals surface area contributed by atoms with Crippen LogP contribution in [0.1, 0.15) is 24.6 Å². The van der Waals surface area contributed by atoms with Crippen molar-refractivity contribution in [1.29, 1.82) is 0 Å². The first-order valence-corrected chi connectivity index (χ1v) is 7.04. The summed E-state index contributed by atoms with van der Waals surface area (Å²) in [4.78, 5) is 0. The van der Waals surface area contributed by atoms with Crippen LogP contribution in [0.2, 0.25) is 5.02 Å². The van der Waals surface area contributed by atoms with Crippen molar-refractivity contribution in [2.75, 3.05) is 6.54 Å². The molecule has 0 spiro atoms. The number of nitrogens with one attached hydrogen (secondary N) is 1. The summed E-state index contributed by atoms with van der Waals surface area (Å²) in [5, 5.41) is 12.0. The molecule has 0 saturated heterocycles. The molecule has 1 heterocycles. The standard InChI is InChI=1S/C15H18ClN3O/c1-3-8-17-10-12-5-7-15(19-18-12)20-14-9-11(2)4-6-13(14)16/h4-7,9,17H,3,8,10H2,1-2H3. The van der Waals surface area contributed by atoms with Gasteiger partial charge in [-0.25, -0.2) is 0 Å². The number of rotatable bonds is 6. The van der Waals surface area contributed by atoms with Crippen LogP contribution in [-0.4, -0.2) is 16.7 Å². The van der Waals surface area contributed by atoms with Crippen LogP contribution in [0.3, 0.4) is 0 Å². The lowest BCUT2D eigenvalue weighted by molar-refractivity contribution is 0.453. The lowest BCUT2D eigenvalue weighted by Crippen LogP contribution is -2.15. The highest BCUT2D eigenvalue weighted by atomic mass is 35.5. The fourth-order valence-electron chi connectivity index (χ4n) is 1.69. The predicted octanol–water partition coefficient (Wildman–Crippen LogP) is 3.73. The number of aromatic nitrogens is 2. The van der Waals surface area contributed by atoms with Crippen molar-refractivity contribution in [3.05, 3.63) is 46.6 Å². The van der Waals surface area contributed by atoms with Gasteiger partial charge in [-0.1, -0.05) is 24.6 Å². The molecule has 2 rings (SSSR count). The Morgan fingerprint density at radius 2 is 2.05 bits per heavy atom. The number of benzene rings is 1. The summed E-state index contributed by atoms with van der Waals surface area (Å²) in [7, 11) is 0. The molecule has 0 radical (unpaired) electrons. The Morgan fingerprint density at radius 1 is 1.20 bits per heavy atom. The molecular weight excluding hydrogens is 274 g/mol. The van der Waals surface area contributed by atoms with Gasteiger partial charge in [0, 0.05) is 12.6 Å². The zero-order valence-corrected chi connectivity index (χ0v) is 12.4. The van der Waals surface area contributed by atoms with E-state index in [1.807, 2.05) is 31.2 Å². The Balaban J connectivity index is 2.01. The maximum Gasteiger partial charge on any atom is 0.238 e. The van der Waals surface area contributed by atoms with E-state index in [1.165, 1.54) is 0 Å². The van der Waals surface area contributed by atoms with Crippen LogP contribution >= 0.6 is 11.6 Å². The van der Waals surface area contributed by atoms with Crippen molar-refractivity contribution < 1.29 is 4.74 Å². The molecule has 4 nitrogen and oxygen atoms in total. The van der Waals surface area contributed by atoms with E-state index in [4.69, 9.17) is 16.3 Å². The molecule has 0 unspecified atom stereocenters. The molecule has 0 aliphatic rings. The van der Waals surface area contributed by atoms with Gasteiger partial charge in [-0.15, -0.1) is 5.10 Å². The maximum absolute atomic E-state index is 6.08. The molecule has 5 heteroatoms. The van der Waals surface area contributed by atoms with E-state index in [2.05, 4.69) is 22.4 Å². The Bertz CT molecular complexity index is 558. The minimum absolute atomic E-state index is 0.441. The van der Waals surface area contributed by atoms with Crippen molar-refractivity contribution in [1.82, 2.24) is 15.5 Å². The van der Waals surface area contributed by atoms with Crippen LogP contribution in [-0.2, 0) is 6.54 Å². The molecule has 2 aromatic rings. The largest absolute Gasteiger partial charge is 0.436 e. The molecule has 20 heavy (non-hydrogen) atoms. The number of ether oxygens (including phenoxy) is 1. The highest BCUT2D eigenvalue weighted by Gasteiger charge is 2.05. The van der Waals surface area contributed by atoms with Gasteiger partial charge in [-0.2, -0.15) is 5.10 Å². The molecule has 0 aliphatic heterocycles. The first kappa shape index (κ1) is 14.8. The fourth-order valence-corrected chi connectivity index (χ4v) is 1.85. The van der Waals surface area contributed by atoms with Crippen LogP contribution in [0, 0.1) is 6.92 Å². The van der Waals surface area contributed by atoms with Gasteiger partial charge in [0.15, 0.2) is 0 Å². The quantitative estimate of drug-likeness (QED) is 0.824. The number of nitrogens with zero attached hydrogens (tertiary/aromatic N) is 2. The highest BCUT2D eigenvalue weighted by molar-refractivity contribution is 6.32. The van der Waals surface area contributed by atoms with Crippen LogP contribution < -0.4 is 10.1 Å². The van der Waals surface area contributed by atoms with Gasteiger partial charge in [-0.3, -0.25) is 0 Å². The molecule has 1 aromatic carbocycles. The van der Waals surface area contributed by atoms with Crippen LogP contribution in [0.25, 0.3) is 0 Å². The Kier molecular flexibility index (Phi) is 5.32. The third-order valence-electron chi connectivity index (χ3n) is 2.73. The predicted molar refractivity (Wildman–Crippen MR) is 80.3 cm³/mol. The summed E-state index contributed by atoms with van der Waals surface area (Å²) in [6.45, 7) is 5.80. The molecule has 0 bridgehead atoms. The summed E-state index contributed by atoms with van der Waals surface area (Å²) in [5.41, 5.74) is 1.97. The number of halogens is 1. The van der Waals surface area contributed by atoms with Gasteiger partial charge in [-0.05, 0) is 43.7 Å². The average molecular weight is 292 g/mol. The Hall–Kier alpha value is -1.65. The van der Waals surface area contributed by atoms with E-state index in [-0.39, 0.29) is 0 Å². The molecule has 0 amide bonds. The number of hydrogen-bond donors (Lipinski definition) is 1. The lowest BCUT2D eigenvalue weighted by atomic mass is 10.2. The number of hydrogen-bond acceptors (Lipinski definition) is 4. The van der Waals surface area contributed by atoms with Crippen LogP contribution in [0.4, 0.5) is 0 Å². The van der Waals surface area contributed by atoms with E-state index < -0.39 is 0 Å². The van der Waals surface area contributed by atoms with E-state index >= 15 is 0 Å². The van der Waals surface area contributed by atoms with Crippen molar-refractivity contribution in [3.8, 4) is 11.6 Å². The van der Waals surface area contributed by atoms with E-state index in [0.717, 1.165) is 24.2 Å². The first-order valence-electron chi connectivity index (χ1n) is 6.66. The van der Waals surface area contributed by atoms with Crippen molar-refractivity contribution in [2.24, 2.45) is 0 Å². The first-order chi connectivity index (χ1) is 9.69. The maximum atomic E-state index is 6.08. The molecule has 0 fully saturated rings. The molecule has 1 N–H and O–H groups in total. The Morgan fingerprint density at radius 3 is 2.75 bits per heavy atom. The number of aryl methyl sites for hydroxylation is 1. The van der Waals surface area contributed by atoms with Crippen molar-refractivity contribution in [3.63, 3.8) is 0 Å². The van der Waals surface area contributed by atoms with Gasteiger partial charge in [0.25, 0.3) is 0 Å². The van der Waals surface area contributed by atoms with E-state index in [9.17, 15) is 0 Å². The molecule has 0 aliphatic carbocycles. The van der Waals surface area contributed by atoms with Gasteiger partial charge in [0.05, 0.1) is 10.7 Å². The smallest absolute Gasteiger partial charge is 0.238 e. The monoisotopic (exact) mass is 291 g/mol. The molecule has 106 valence electrons. The van der Waals surface area contributed by atoms with Gasteiger partial charge in [0.1, 0.15) is 5.75 Å². The van der Waals surface area contributed by atoms with Crippen LogP contribution in [0.15, 0.2) is 30.3 Å². The fraction of sp³-hybridized carbons (Fsp3) is 0.333. The average Bonchev–Trinajstić information content (AvgIpc) is 2.45. The second-order valence-corrected chi connectivity index (χ2v) is 4.98. The van der Waals surface area contributed by atoms with Crippen molar-refractivity contribution >= 4 is 11.6 Å².